The molecular formula is C20H18N2O6. The molecule has 4 rings (SSSR count). The maximum absolute atomic E-state index is 9.78. The smallest absolute Gasteiger partial charge is 0.231 e. The Labute approximate surface area is 161 Å². The molecule has 0 saturated heterocycles. The summed E-state index contributed by atoms with van der Waals surface area (Å²) in [5.41, 5.74) is 7.71. The maximum atomic E-state index is 9.78. The second-order valence-electron chi connectivity index (χ2n) is 6.12. The number of hydrogen-bond donors (Lipinski definition) is 1. The van der Waals surface area contributed by atoms with E-state index in [1.807, 2.05) is 0 Å². The lowest BCUT2D eigenvalue weighted by molar-refractivity contribution is 0.174. The number of benzene rings is 2. The minimum Gasteiger partial charge on any atom is -0.496 e. The lowest BCUT2D eigenvalue weighted by atomic mass is 9.82. The van der Waals surface area contributed by atoms with Crippen LogP contribution in [0.15, 0.2) is 35.7 Å². The van der Waals surface area contributed by atoms with Crippen molar-refractivity contribution in [3.05, 3.63) is 46.8 Å². The summed E-state index contributed by atoms with van der Waals surface area (Å²) in [6.07, 6.45) is 0. The number of ether oxygens (including phenoxy) is 6. The monoisotopic (exact) mass is 382 g/mol. The summed E-state index contributed by atoms with van der Waals surface area (Å²) in [6, 6.07) is 9.14. The highest BCUT2D eigenvalue weighted by Crippen LogP contribution is 2.51. The highest BCUT2D eigenvalue weighted by atomic mass is 16.7. The van der Waals surface area contributed by atoms with E-state index in [1.165, 1.54) is 0 Å². The van der Waals surface area contributed by atoms with Gasteiger partial charge < -0.3 is 34.2 Å². The minimum absolute atomic E-state index is 0.0238. The van der Waals surface area contributed by atoms with Gasteiger partial charge in [-0.3, -0.25) is 0 Å². The number of nitrogens with two attached hydrogens (primary N) is 1. The van der Waals surface area contributed by atoms with Crippen LogP contribution in [0, 0.1) is 11.3 Å². The summed E-state index contributed by atoms with van der Waals surface area (Å²) in [5, 5.41) is 9.78. The van der Waals surface area contributed by atoms with Gasteiger partial charge in [-0.25, -0.2) is 0 Å². The van der Waals surface area contributed by atoms with Gasteiger partial charge in [0.05, 0.1) is 27.2 Å². The fraction of sp³-hybridized carbons (Fsp3) is 0.250. The van der Waals surface area contributed by atoms with Crippen molar-refractivity contribution in [1.82, 2.24) is 0 Å². The second-order valence-corrected chi connectivity index (χ2v) is 6.12. The molecule has 0 amide bonds. The molecule has 8 nitrogen and oxygen atoms in total. The number of methoxy groups -OCH3 is 3. The van der Waals surface area contributed by atoms with Crippen molar-refractivity contribution in [2.75, 3.05) is 28.1 Å². The Morgan fingerprint density at radius 2 is 1.54 bits per heavy atom. The first kappa shape index (κ1) is 17.7. The van der Waals surface area contributed by atoms with Gasteiger partial charge in [-0.1, -0.05) is 0 Å². The third-order valence-electron chi connectivity index (χ3n) is 4.76. The van der Waals surface area contributed by atoms with E-state index >= 15 is 0 Å². The van der Waals surface area contributed by atoms with E-state index in [0.29, 0.717) is 45.6 Å². The van der Waals surface area contributed by atoms with Gasteiger partial charge in [0.1, 0.15) is 23.1 Å². The van der Waals surface area contributed by atoms with Crippen LogP contribution < -0.4 is 34.2 Å². The largest absolute Gasteiger partial charge is 0.496 e. The van der Waals surface area contributed by atoms with Crippen molar-refractivity contribution < 1.29 is 28.4 Å². The van der Waals surface area contributed by atoms with Gasteiger partial charge in [-0.05, 0) is 12.1 Å². The standard InChI is InChI=1S/C20H18N2O6/c1-23-13-6-16(25-3)15(24-2)4-10(13)19-11-5-17-18(27-9-26-17)7-14(11)28-20(22)12(19)8-21/h4-7,19H,9,22H2,1-3H3/t19-/m1/s1. The molecule has 2 heterocycles. The van der Waals surface area contributed by atoms with Crippen LogP contribution in [0.1, 0.15) is 17.0 Å². The second kappa shape index (κ2) is 6.78. The van der Waals surface area contributed by atoms with E-state index in [2.05, 4.69) is 6.07 Å². The molecule has 8 heteroatoms. The molecule has 2 N–H and O–H groups in total. The molecular weight excluding hydrogens is 364 g/mol. The predicted octanol–water partition coefficient (Wildman–Crippen LogP) is 2.66. The fourth-order valence-corrected chi connectivity index (χ4v) is 3.45. The third kappa shape index (κ3) is 2.60. The quantitative estimate of drug-likeness (QED) is 0.860. The number of rotatable bonds is 4. The average molecular weight is 382 g/mol. The van der Waals surface area contributed by atoms with Crippen molar-refractivity contribution in [2.45, 2.75) is 5.92 Å². The van der Waals surface area contributed by atoms with E-state index < -0.39 is 5.92 Å². The summed E-state index contributed by atoms with van der Waals surface area (Å²) in [7, 11) is 4.63. The molecule has 0 fully saturated rings. The van der Waals surface area contributed by atoms with Gasteiger partial charge >= 0.3 is 0 Å². The zero-order valence-corrected chi connectivity index (χ0v) is 15.6. The molecule has 0 radical (unpaired) electrons. The molecule has 1 atom stereocenters. The highest BCUT2D eigenvalue weighted by Gasteiger charge is 2.35. The highest BCUT2D eigenvalue weighted by molar-refractivity contribution is 5.65. The number of nitriles is 1. The van der Waals surface area contributed by atoms with E-state index in [-0.39, 0.29) is 18.2 Å². The van der Waals surface area contributed by atoms with Crippen LogP contribution in [-0.2, 0) is 0 Å². The first-order valence-corrected chi connectivity index (χ1v) is 8.42. The van der Waals surface area contributed by atoms with E-state index in [1.54, 1.807) is 45.6 Å². The molecule has 2 aromatic carbocycles. The molecule has 0 aromatic heterocycles. The average Bonchev–Trinajstić information content (AvgIpc) is 3.17. The van der Waals surface area contributed by atoms with Crippen LogP contribution in [0.4, 0.5) is 0 Å². The number of fused-ring (bicyclic) bond motifs is 2. The summed E-state index contributed by atoms with van der Waals surface area (Å²) >= 11 is 0. The first-order chi connectivity index (χ1) is 13.6. The molecule has 2 aliphatic heterocycles. The minimum atomic E-state index is -0.544. The summed E-state index contributed by atoms with van der Waals surface area (Å²) in [6.45, 7) is 0.122. The number of nitrogens with zero attached hydrogens (tertiary/aromatic N) is 1. The Morgan fingerprint density at radius 3 is 2.18 bits per heavy atom. The molecule has 28 heavy (non-hydrogen) atoms. The van der Waals surface area contributed by atoms with Crippen molar-refractivity contribution in [3.63, 3.8) is 0 Å². The Balaban J connectivity index is 1.97. The van der Waals surface area contributed by atoms with Crippen molar-refractivity contribution in [3.8, 4) is 40.6 Å². The van der Waals surface area contributed by atoms with Crippen molar-refractivity contribution in [2.24, 2.45) is 5.73 Å². The predicted molar refractivity (Wildman–Crippen MR) is 98.0 cm³/mol. The lowest BCUT2D eigenvalue weighted by Crippen LogP contribution is -2.21. The third-order valence-corrected chi connectivity index (χ3v) is 4.76. The van der Waals surface area contributed by atoms with Crippen LogP contribution in [0.3, 0.4) is 0 Å². The van der Waals surface area contributed by atoms with Gasteiger partial charge in [0.15, 0.2) is 23.0 Å². The zero-order chi connectivity index (χ0) is 19.8. The molecule has 0 unspecified atom stereocenters. The van der Waals surface area contributed by atoms with E-state index in [9.17, 15) is 5.26 Å². The van der Waals surface area contributed by atoms with Crippen LogP contribution >= 0.6 is 0 Å². The van der Waals surface area contributed by atoms with Gasteiger partial charge in [-0.2, -0.15) is 5.26 Å². The van der Waals surface area contributed by atoms with Crippen LogP contribution in [0.2, 0.25) is 0 Å². The molecule has 0 bridgehead atoms. The van der Waals surface area contributed by atoms with Crippen molar-refractivity contribution in [1.29, 1.82) is 5.26 Å². The molecule has 0 spiro atoms. The van der Waals surface area contributed by atoms with Crippen molar-refractivity contribution >= 4 is 0 Å². The molecule has 2 aromatic rings. The lowest BCUT2D eigenvalue weighted by Gasteiger charge is -2.28. The Bertz CT molecular complexity index is 1020. The maximum Gasteiger partial charge on any atom is 0.231 e. The fourth-order valence-electron chi connectivity index (χ4n) is 3.45. The van der Waals surface area contributed by atoms with Gasteiger partial charge in [-0.15, -0.1) is 0 Å². The normalized spacial score (nSPS) is 16.7. The molecule has 0 aliphatic carbocycles. The van der Waals surface area contributed by atoms with E-state index in [0.717, 1.165) is 0 Å². The van der Waals surface area contributed by atoms with Crippen LogP contribution in [0.5, 0.6) is 34.5 Å². The summed E-state index contributed by atoms with van der Waals surface area (Å²) < 4.78 is 33.0. The topological polar surface area (TPSA) is 105 Å². The Hall–Kier alpha value is -3.73. The first-order valence-electron chi connectivity index (χ1n) is 8.42. The Kier molecular flexibility index (Phi) is 4.28. The van der Waals surface area contributed by atoms with E-state index in [4.69, 9.17) is 34.2 Å². The molecule has 144 valence electrons. The van der Waals surface area contributed by atoms with Gasteiger partial charge in [0.2, 0.25) is 12.7 Å². The summed E-state index contributed by atoms with van der Waals surface area (Å²) in [5.74, 6) is 2.64. The SMILES string of the molecule is COc1cc(OC)c([C@H]2C(C#N)=C(N)Oc3cc4c(cc32)OCO4)cc1OC. The zero-order valence-electron chi connectivity index (χ0n) is 15.6. The van der Waals surface area contributed by atoms with Crippen LogP contribution in [0.25, 0.3) is 0 Å². The summed E-state index contributed by atoms with van der Waals surface area (Å²) in [4.78, 5) is 0. The number of hydrogen-bond acceptors (Lipinski definition) is 8. The van der Waals surface area contributed by atoms with Gasteiger partial charge in [0, 0.05) is 23.3 Å². The number of allylic oxidation sites excluding steroid dienone is 1. The molecule has 2 aliphatic rings. The molecule has 0 saturated carbocycles. The van der Waals surface area contributed by atoms with Crippen LogP contribution in [-0.4, -0.2) is 28.1 Å². The van der Waals surface area contributed by atoms with Gasteiger partial charge in [0.25, 0.3) is 0 Å². The Morgan fingerprint density at radius 1 is 0.893 bits per heavy atom.